The van der Waals surface area contributed by atoms with Crippen LogP contribution in [-0.4, -0.2) is 24.6 Å². The van der Waals surface area contributed by atoms with Crippen molar-refractivity contribution in [1.82, 2.24) is 4.57 Å². The van der Waals surface area contributed by atoms with E-state index in [-0.39, 0.29) is 5.91 Å². The summed E-state index contributed by atoms with van der Waals surface area (Å²) in [5.74, 6) is -0.194. The predicted octanol–water partition coefficient (Wildman–Crippen LogP) is 4.54. The van der Waals surface area contributed by atoms with Crippen molar-refractivity contribution in [2.24, 2.45) is 4.99 Å². The number of nitrogens with zero attached hydrogens (tertiary/aromatic N) is 3. The van der Waals surface area contributed by atoms with Gasteiger partial charge in [-0.05, 0) is 67.8 Å². The van der Waals surface area contributed by atoms with E-state index in [9.17, 15) is 4.79 Å². The molecule has 0 aliphatic heterocycles. The summed E-state index contributed by atoms with van der Waals surface area (Å²) in [4.78, 5) is 19.9. The Morgan fingerprint density at radius 1 is 1.12 bits per heavy atom. The zero-order valence-electron chi connectivity index (χ0n) is 16.0. The standard InChI is InChI=1S/C21H25N3OS/c1-6-11-24-18-12-14(2)15(3)13-19(18)26-21(24)22-20(25)16-7-9-17(10-8-16)23(4)5/h7-10,12-13H,6,11H2,1-5H3. The summed E-state index contributed by atoms with van der Waals surface area (Å²) < 4.78 is 3.34. The smallest absolute Gasteiger partial charge is 0.279 e. The van der Waals surface area contributed by atoms with Crippen molar-refractivity contribution in [3.63, 3.8) is 0 Å². The molecule has 0 N–H and O–H groups in total. The minimum atomic E-state index is -0.194. The zero-order chi connectivity index (χ0) is 18.8. The highest BCUT2D eigenvalue weighted by atomic mass is 32.1. The fourth-order valence-electron chi connectivity index (χ4n) is 2.90. The van der Waals surface area contributed by atoms with E-state index in [0.717, 1.165) is 29.0 Å². The third-order valence-corrected chi connectivity index (χ3v) is 5.61. The molecular weight excluding hydrogens is 342 g/mol. The van der Waals surface area contributed by atoms with Gasteiger partial charge in [0.05, 0.1) is 10.2 Å². The first-order valence-electron chi connectivity index (χ1n) is 8.87. The number of hydrogen-bond acceptors (Lipinski definition) is 3. The largest absolute Gasteiger partial charge is 0.378 e. The van der Waals surface area contributed by atoms with Gasteiger partial charge in [0.2, 0.25) is 0 Å². The van der Waals surface area contributed by atoms with Gasteiger partial charge in [-0.3, -0.25) is 4.79 Å². The fraction of sp³-hybridized carbons (Fsp3) is 0.333. The van der Waals surface area contributed by atoms with Gasteiger partial charge in [-0.15, -0.1) is 0 Å². The Morgan fingerprint density at radius 2 is 1.77 bits per heavy atom. The number of hydrogen-bond donors (Lipinski definition) is 0. The summed E-state index contributed by atoms with van der Waals surface area (Å²) in [6.45, 7) is 7.24. The van der Waals surface area contributed by atoms with Gasteiger partial charge >= 0.3 is 0 Å². The van der Waals surface area contributed by atoms with Crippen LogP contribution in [0.25, 0.3) is 10.2 Å². The van der Waals surface area contributed by atoms with Crippen molar-refractivity contribution in [3.8, 4) is 0 Å². The number of aryl methyl sites for hydroxylation is 3. The Bertz CT molecular complexity index is 1010. The molecule has 1 aromatic heterocycles. The van der Waals surface area contributed by atoms with Crippen LogP contribution < -0.4 is 9.70 Å². The molecule has 0 saturated carbocycles. The summed E-state index contributed by atoms with van der Waals surface area (Å²) in [7, 11) is 3.96. The molecule has 0 bridgehead atoms. The molecular formula is C21H25N3OS. The average molecular weight is 368 g/mol. The van der Waals surface area contributed by atoms with Crippen LogP contribution in [0.1, 0.15) is 34.8 Å². The van der Waals surface area contributed by atoms with Gasteiger partial charge in [0.25, 0.3) is 5.91 Å². The molecule has 2 aromatic carbocycles. The lowest BCUT2D eigenvalue weighted by Crippen LogP contribution is -2.17. The monoisotopic (exact) mass is 367 g/mol. The Balaban J connectivity index is 2.07. The molecule has 136 valence electrons. The van der Waals surface area contributed by atoms with Crippen molar-refractivity contribution in [2.45, 2.75) is 33.7 Å². The molecule has 0 fully saturated rings. The van der Waals surface area contributed by atoms with E-state index in [1.165, 1.54) is 15.8 Å². The van der Waals surface area contributed by atoms with E-state index in [1.807, 2.05) is 43.3 Å². The highest BCUT2D eigenvalue weighted by Crippen LogP contribution is 2.22. The van der Waals surface area contributed by atoms with Crippen molar-refractivity contribution >= 4 is 33.1 Å². The van der Waals surface area contributed by atoms with Gasteiger partial charge in [-0.2, -0.15) is 4.99 Å². The second-order valence-corrected chi connectivity index (χ2v) is 7.81. The van der Waals surface area contributed by atoms with Crippen LogP contribution in [0.5, 0.6) is 0 Å². The second-order valence-electron chi connectivity index (χ2n) is 6.80. The molecule has 0 aliphatic carbocycles. The SMILES string of the molecule is CCCn1c(=NC(=O)c2ccc(N(C)C)cc2)sc2cc(C)c(C)cc21. The van der Waals surface area contributed by atoms with Gasteiger partial charge in [0.1, 0.15) is 0 Å². The van der Waals surface area contributed by atoms with E-state index in [1.54, 1.807) is 11.3 Å². The topological polar surface area (TPSA) is 37.6 Å². The van der Waals surface area contributed by atoms with Crippen LogP contribution in [0, 0.1) is 13.8 Å². The number of rotatable bonds is 4. The Hall–Kier alpha value is -2.40. The lowest BCUT2D eigenvalue weighted by molar-refractivity contribution is 0.0998. The van der Waals surface area contributed by atoms with Crippen LogP contribution in [-0.2, 0) is 6.54 Å². The van der Waals surface area contributed by atoms with E-state index in [2.05, 4.69) is 42.5 Å². The number of aromatic nitrogens is 1. The van der Waals surface area contributed by atoms with Crippen molar-refractivity contribution in [3.05, 3.63) is 57.9 Å². The van der Waals surface area contributed by atoms with Crippen LogP contribution >= 0.6 is 11.3 Å². The van der Waals surface area contributed by atoms with Crippen LogP contribution in [0.15, 0.2) is 41.4 Å². The number of fused-ring (bicyclic) bond motifs is 1. The molecule has 0 radical (unpaired) electrons. The van der Waals surface area contributed by atoms with Crippen molar-refractivity contribution < 1.29 is 4.79 Å². The number of benzene rings is 2. The van der Waals surface area contributed by atoms with Gasteiger partial charge in [-0.1, -0.05) is 18.3 Å². The van der Waals surface area contributed by atoms with Gasteiger partial charge < -0.3 is 9.47 Å². The average Bonchev–Trinajstić information content (AvgIpc) is 2.92. The first-order chi connectivity index (χ1) is 12.4. The van der Waals surface area contributed by atoms with Gasteiger partial charge in [0, 0.05) is 31.9 Å². The zero-order valence-corrected chi connectivity index (χ0v) is 16.9. The van der Waals surface area contributed by atoms with E-state index in [4.69, 9.17) is 0 Å². The highest BCUT2D eigenvalue weighted by molar-refractivity contribution is 7.16. The molecule has 4 nitrogen and oxygen atoms in total. The van der Waals surface area contributed by atoms with Crippen molar-refractivity contribution in [1.29, 1.82) is 0 Å². The lowest BCUT2D eigenvalue weighted by Gasteiger charge is -2.11. The van der Waals surface area contributed by atoms with E-state index < -0.39 is 0 Å². The molecule has 1 amide bonds. The number of amides is 1. The maximum Gasteiger partial charge on any atom is 0.279 e. The Kier molecular flexibility index (Phi) is 5.28. The molecule has 3 rings (SSSR count). The minimum absolute atomic E-state index is 0.194. The van der Waals surface area contributed by atoms with Crippen LogP contribution in [0.4, 0.5) is 5.69 Å². The summed E-state index contributed by atoms with van der Waals surface area (Å²) in [5, 5.41) is 0. The maximum atomic E-state index is 12.7. The quantitative estimate of drug-likeness (QED) is 0.679. The third-order valence-electron chi connectivity index (χ3n) is 4.57. The van der Waals surface area contributed by atoms with E-state index >= 15 is 0 Å². The number of thiazole rings is 1. The highest BCUT2D eigenvalue weighted by Gasteiger charge is 2.10. The molecule has 0 unspecified atom stereocenters. The molecule has 26 heavy (non-hydrogen) atoms. The van der Waals surface area contributed by atoms with Crippen molar-refractivity contribution in [2.75, 3.05) is 19.0 Å². The van der Waals surface area contributed by atoms with Crippen LogP contribution in [0.2, 0.25) is 0 Å². The fourth-order valence-corrected chi connectivity index (χ4v) is 4.03. The third kappa shape index (κ3) is 3.58. The molecule has 1 heterocycles. The van der Waals surface area contributed by atoms with E-state index in [0.29, 0.717) is 5.56 Å². The number of carbonyl (C=O) groups is 1. The molecule has 0 spiro atoms. The first kappa shape index (κ1) is 18.4. The lowest BCUT2D eigenvalue weighted by atomic mass is 10.1. The molecule has 5 heteroatoms. The number of anilines is 1. The molecule has 3 aromatic rings. The molecule has 0 atom stereocenters. The second kappa shape index (κ2) is 7.46. The minimum Gasteiger partial charge on any atom is -0.378 e. The normalized spacial score (nSPS) is 12.0. The summed E-state index contributed by atoms with van der Waals surface area (Å²) in [6.07, 6.45) is 0.998. The molecule has 0 aliphatic rings. The molecule has 0 saturated heterocycles. The summed E-state index contributed by atoms with van der Waals surface area (Å²) >= 11 is 1.58. The van der Waals surface area contributed by atoms with Crippen LogP contribution in [0.3, 0.4) is 0 Å². The Labute approximate surface area is 158 Å². The predicted molar refractivity (Wildman–Crippen MR) is 110 cm³/mol. The van der Waals surface area contributed by atoms with Gasteiger partial charge in [0.15, 0.2) is 4.80 Å². The number of carbonyl (C=O) groups excluding carboxylic acids is 1. The Morgan fingerprint density at radius 3 is 2.38 bits per heavy atom. The summed E-state index contributed by atoms with van der Waals surface area (Å²) in [5.41, 5.74) is 5.37. The first-order valence-corrected chi connectivity index (χ1v) is 9.69. The van der Waals surface area contributed by atoms with Gasteiger partial charge in [-0.25, -0.2) is 0 Å². The summed E-state index contributed by atoms with van der Waals surface area (Å²) in [6, 6.07) is 12.0. The maximum absolute atomic E-state index is 12.7.